The number of carbonyl (C=O) groups is 1. The van der Waals surface area contributed by atoms with Crippen LogP contribution in [0.1, 0.15) is 31.9 Å². The Morgan fingerprint density at radius 3 is 2.62 bits per heavy atom. The second kappa shape index (κ2) is 6.91. The summed E-state index contributed by atoms with van der Waals surface area (Å²) in [5.74, 6) is 0. The first kappa shape index (κ1) is 15.8. The molecule has 2 unspecified atom stereocenters. The number of nitrogens with one attached hydrogen (secondary N) is 1. The van der Waals surface area contributed by atoms with Gasteiger partial charge in [-0.1, -0.05) is 12.1 Å². The number of urea groups is 1. The monoisotopic (exact) mass is 290 g/mol. The normalized spacial score (nSPS) is 21.7. The van der Waals surface area contributed by atoms with Crippen LogP contribution in [0.4, 0.5) is 10.5 Å². The van der Waals surface area contributed by atoms with Crippen LogP contribution in [-0.4, -0.2) is 48.6 Å². The SMILES string of the molecule is CC(N)c1ccc(NC(=O)N2CCCN(C)CC2C)cc1. The largest absolute Gasteiger partial charge is 0.324 e. The maximum absolute atomic E-state index is 12.4. The molecule has 1 aromatic rings. The van der Waals surface area contributed by atoms with Gasteiger partial charge in [0.15, 0.2) is 0 Å². The van der Waals surface area contributed by atoms with Crippen LogP contribution >= 0.6 is 0 Å². The third-order valence-electron chi connectivity index (χ3n) is 4.00. The van der Waals surface area contributed by atoms with Crippen molar-refractivity contribution >= 4 is 11.7 Å². The number of anilines is 1. The number of hydrogen-bond acceptors (Lipinski definition) is 3. The van der Waals surface area contributed by atoms with Crippen LogP contribution < -0.4 is 11.1 Å². The lowest BCUT2D eigenvalue weighted by molar-refractivity contribution is 0.190. The fraction of sp³-hybridized carbons (Fsp3) is 0.562. The molecule has 0 saturated carbocycles. The molecule has 1 aliphatic heterocycles. The lowest BCUT2D eigenvalue weighted by Gasteiger charge is -2.28. The molecule has 1 aromatic carbocycles. The van der Waals surface area contributed by atoms with E-state index in [9.17, 15) is 4.79 Å². The molecule has 1 heterocycles. The third-order valence-corrected chi connectivity index (χ3v) is 4.00. The molecule has 21 heavy (non-hydrogen) atoms. The summed E-state index contributed by atoms with van der Waals surface area (Å²) in [6, 6.07) is 7.94. The Labute approximate surface area is 127 Å². The lowest BCUT2D eigenvalue weighted by atomic mass is 10.1. The molecule has 0 bridgehead atoms. The minimum Gasteiger partial charge on any atom is -0.324 e. The first-order valence-electron chi connectivity index (χ1n) is 7.59. The molecule has 2 atom stereocenters. The highest BCUT2D eigenvalue weighted by Crippen LogP contribution is 2.16. The van der Waals surface area contributed by atoms with E-state index in [1.807, 2.05) is 36.1 Å². The average Bonchev–Trinajstić information content (AvgIpc) is 2.60. The van der Waals surface area contributed by atoms with Crippen molar-refractivity contribution in [2.45, 2.75) is 32.4 Å². The predicted octanol–water partition coefficient (Wildman–Crippen LogP) is 2.26. The van der Waals surface area contributed by atoms with E-state index in [2.05, 4.69) is 24.2 Å². The maximum atomic E-state index is 12.4. The Morgan fingerprint density at radius 2 is 2.00 bits per heavy atom. The summed E-state index contributed by atoms with van der Waals surface area (Å²) in [6.07, 6.45) is 1.01. The topological polar surface area (TPSA) is 61.6 Å². The molecule has 2 rings (SSSR count). The van der Waals surface area contributed by atoms with Gasteiger partial charge in [-0.2, -0.15) is 0 Å². The average molecular weight is 290 g/mol. The summed E-state index contributed by atoms with van der Waals surface area (Å²) < 4.78 is 0. The fourth-order valence-corrected chi connectivity index (χ4v) is 2.74. The summed E-state index contributed by atoms with van der Waals surface area (Å²) in [5.41, 5.74) is 7.71. The van der Waals surface area contributed by atoms with Crippen molar-refractivity contribution in [1.82, 2.24) is 9.80 Å². The number of hydrogen-bond donors (Lipinski definition) is 2. The van der Waals surface area contributed by atoms with Gasteiger partial charge in [-0.15, -0.1) is 0 Å². The van der Waals surface area contributed by atoms with Gasteiger partial charge in [0.1, 0.15) is 0 Å². The van der Waals surface area contributed by atoms with E-state index in [1.165, 1.54) is 0 Å². The molecule has 0 aromatic heterocycles. The quantitative estimate of drug-likeness (QED) is 0.878. The molecule has 0 radical (unpaired) electrons. The van der Waals surface area contributed by atoms with Crippen LogP contribution in [0.3, 0.4) is 0 Å². The Morgan fingerprint density at radius 1 is 1.33 bits per heavy atom. The van der Waals surface area contributed by atoms with Crippen LogP contribution in [-0.2, 0) is 0 Å². The Hall–Kier alpha value is -1.59. The molecule has 2 amide bonds. The van der Waals surface area contributed by atoms with Crippen LogP contribution in [0.5, 0.6) is 0 Å². The number of rotatable bonds is 2. The summed E-state index contributed by atoms with van der Waals surface area (Å²) in [5, 5.41) is 2.98. The summed E-state index contributed by atoms with van der Waals surface area (Å²) >= 11 is 0. The molecule has 1 saturated heterocycles. The summed E-state index contributed by atoms with van der Waals surface area (Å²) in [4.78, 5) is 16.6. The zero-order valence-electron chi connectivity index (χ0n) is 13.2. The van der Waals surface area contributed by atoms with Crippen molar-refractivity contribution < 1.29 is 4.79 Å². The smallest absolute Gasteiger partial charge is 0.322 e. The molecular weight excluding hydrogens is 264 g/mol. The van der Waals surface area contributed by atoms with E-state index in [0.717, 1.165) is 37.3 Å². The Bertz CT molecular complexity index is 472. The molecule has 1 fully saturated rings. The fourth-order valence-electron chi connectivity index (χ4n) is 2.74. The van der Waals surface area contributed by atoms with Gasteiger partial charge < -0.3 is 20.9 Å². The van der Waals surface area contributed by atoms with Crippen molar-refractivity contribution in [2.75, 3.05) is 32.0 Å². The predicted molar refractivity (Wildman–Crippen MR) is 86.3 cm³/mol. The number of carbonyl (C=O) groups excluding carboxylic acids is 1. The molecular formula is C16H26N4O. The second-order valence-corrected chi connectivity index (χ2v) is 6.00. The van der Waals surface area contributed by atoms with Crippen LogP contribution in [0.25, 0.3) is 0 Å². The number of nitrogens with zero attached hydrogens (tertiary/aromatic N) is 2. The third kappa shape index (κ3) is 4.19. The van der Waals surface area contributed by atoms with Gasteiger partial charge in [-0.25, -0.2) is 4.79 Å². The highest BCUT2D eigenvalue weighted by molar-refractivity contribution is 5.89. The number of likely N-dealkylation sites (N-methyl/N-ethyl adjacent to an activating group) is 1. The molecule has 0 aliphatic carbocycles. The summed E-state index contributed by atoms with van der Waals surface area (Å²) in [7, 11) is 2.10. The molecule has 0 spiro atoms. The van der Waals surface area contributed by atoms with Crippen molar-refractivity contribution in [3.8, 4) is 0 Å². The van der Waals surface area contributed by atoms with Gasteiger partial charge in [-0.3, -0.25) is 0 Å². The maximum Gasteiger partial charge on any atom is 0.322 e. The Kier molecular flexibility index (Phi) is 5.20. The van der Waals surface area contributed by atoms with Gasteiger partial charge >= 0.3 is 6.03 Å². The highest BCUT2D eigenvalue weighted by Gasteiger charge is 2.23. The minimum absolute atomic E-state index is 0.0101. The van der Waals surface area contributed by atoms with E-state index in [1.54, 1.807) is 0 Å². The first-order valence-corrected chi connectivity index (χ1v) is 7.59. The van der Waals surface area contributed by atoms with Crippen molar-refractivity contribution in [3.05, 3.63) is 29.8 Å². The lowest BCUT2D eigenvalue weighted by Crippen LogP contribution is -2.44. The van der Waals surface area contributed by atoms with Crippen LogP contribution in [0.15, 0.2) is 24.3 Å². The Balaban J connectivity index is 1.99. The molecule has 5 heteroatoms. The van der Waals surface area contributed by atoms with E-state index in [4.69, 9.17) is 5.73 Å². The molecule has 116 valence electrons. The number of benzene rings is 1. The highest BCUT2D eigenvalue weighted by atomic mass is 16.2. The van der Waals surface area contributed by atoms with Crippen molar-refractivity contribution in [3.63, 3.8) is 0 Å². The van der Waals surface area contributed by atoms with E-state index < -0.39 is 0 Å². The van der Waals surface area contributed by atoms with Crippen LogP contribution in [0.2, 0.25) is 0 Å². The zero-order valence-corrected chi connectivity index (χ0v) is 13.2. The second-order valence-electron chi connectivity index (χ2n) is 6.00. The standard InChI is InChI=1S/C16H26N4O/c1-12-11-19(3)9-4-10-20(12)16(21)18-15-7-5-14(6-8-15)13(2)17/h5-8,12-13H,4,9-11,17H2,1-3H3,(H,18,21). The first-order chi connectivity index (χ1) is 9.97. The van der Waals surface area contributed by atoms with E-state index in [-0.39, 0.29) is 18.1 Å². The van der Waals surface area contributed by atoms with Gasteiger partial charge in [0.05, 0.1) is 0 Å². The van der Waals surface area contributed by atoms with Crippen LogP contribution in [0, 0.1) is 0 Å². The van der Waals surface area contributed by atoms with Crippen molar-refractivity contribution in [2.24, 2.45) is 5.73 Å². The molecule has 1 aliphatic rings. The zero-order chi connectivity index (χ0) is 15.4. The van der Waals surface area contributed by atoms with Gasteiger partial charge in [0.2, 0.25) is 0 Å². The molecule has 3 N–H and O–H groups in total. The minimum atomic E-state index is -0.0219. The number of nitrogens with two attached hydrogens (primary N) is 1. The van der Waals surface area contributed by atoms with Gasteiger partial charge in [0.25, 0.3) is 0 Å². The van der Waals surface area contributed by atoms with E-state index >= 15 is 0 Å². The number of amides is 2. The molecule has 5 nitrogen and oxygen atoms in total. The van der Waals surface area contributed by atoms with Gasteiger partial charge in [-0.05, 0) is 51.6 Å². The van der Waals surface area contributed by atoms with E-state index in [0.29, 0.717) is 0 Å². The summed E-state index contributed by atoms with van der Waals surface area (Å²) in [6.45, 7) is 6.80. The van der Waals surface area contributed by atoms with Crippen molar-refractivity contribution in [1.29, 1.82) is 0 Å². The van der Waals surface area contributed by atoms with Gasteiger partial charge in [0, 0.05) is 30.9 Å².